The van der Waals surface area contributed by atoms with Gasteiger partial charge in [0, 0.05) is 45.0 Å². The number of rotatable bonds is 4. The Hall–Kier alpha value is -2.19. The lowest BCUT2D eigenvalue weighted by Crippen LogP contribution is -2.46. The molecule has 0 radical (unpaired) electrons. The molecule has 2 aliphatic heterocycles. The standard InChI is InChI=1S/C17H22N6OS/c1-2-20-8-10-21(11-9-20)15-18-19-16(25-15)23-13-12-22(17(23)24)14-6-4-3-5-7-14/h3-7H,2,8-13H2,1H3. The second-order valence-electron chi connectivity index (χ2n) is 6.21. The van der Waals surface area contributed by atoms with Crippen molar-refractivity contribution in [3.05, 3.63) is 30.3 Å². The van der Waals surface area contributed by atoms with Gasteiger partial charge >= 0.3 is 6.03 Å². The number of benzene rings is 1. The Bertz CT molecular complexity index is 728. The minimum absolute atomic E-state index is 0.0234. The molecule has 1 aromatic carbocycles. The van der Waals surface area contributed by atoms with Crippen LogP contribution in [0.3, 0.4) is 0 Å². The van der Waals surface area contributed by atoms with Crippen LogP contribution in [0.2, 0.25) is 0 Å². The zero-order valence-corrected chi connectivity index (χ0v) is 15.2. The number of carbonyl (C=O) groups excluding carboxylic acids is 1. The van der Waals surface area contributed by atoms with E-state index in [1.807, 2.05) is 30.3 Å². The molecule has 0 unspecified atom stereocenters. The second kappa shape index (κ2) is 6.97. The molecular weight excluding hydrogens is 336 g/mol. The van der Waals surface area contributed by atoms with E-state index >= 15 is 0 Å². The number of aromatic nitrogens is 2. The minimum Gasteiger partial charge on any atom is -0.344 e. The summed E-state index contributed by atoms with van der Waals surface area (Å²) < 4.78 is 0. The molecule has 1 aromatic heterocycles. The molecule has 3 heterocycles. The van der Waals surface area contributed by atoms with Crippen molar-refractivity contribution in [3.8, 4) is 0 Å². The molecule has 25 heavy (non-hydrogen) atoms. The van der Waals surface area contributed by atoms with Gasteiger partial charge in [0.05, 0.1) is 0 Å². The zero-order chi connectivity index (χ0) is 17.2. The molecule has 2 saturated heterocycles. The fourth-order valence-corrected chi connectivity index (χ4v) is 4.18. The van der Waals surface area contributed by atoms with E-state index in [0.29, 0.717) is 18.2 Å². The van der Waals surface area contributed by atoms with Gasteiger partial charge in [-0.05, 0) is 18.7 Å². The molecule has 0 N–H and O–H groups in total. The fourth-order valence-electron chi connectivity index (χ4n) is 3.26. The van der Waals surface area contributed by atoms with Crippen molar-refractivity contribution in [3.63, 3.8) is 0 Å². The first-order chi connectivity index (χ1) is 12.3. The van der Waals surface area contributed by atoms with Crippen molar-refractivity contribution in [1.29, 1.82) is 0 Å². The number of carbonyl (C=O) groups is 1. The number of urea groups is 1. The first-order valence-corrected chi connectivity index (χ1v) is 9.53. The number of amides is 2. The van der Waals surface area contributed by atoms with Crippen LogP contribution in [-0.4, -0.2) is 66.9 Å². The summed E-state index contributed by atoms with van der Waals surface area (Å²) >= 11 is 1.51. The van der Waals surface area contributed by atoms with E-state index in [0.717, 1.165) is 43.5 Å². The first kappa shape index (κ1) is 16.3. The van der Waals surface area contributed by atoms with Crippen molar-refractivity contribution >= 4 is 33.3 Å². The number of nitrogens with zero attached hydrogens (tertiary/aromatic N) is 6. The molecule has 0 spiro atoms. The highest BCUT2D eigenvalue weighted by molar-refractivity contribution is 7.19. The van der Waals surface area contributed by atoms with E-state index in [9.17, 15) is 4.79 Å². The third-order valence-electron chi connectivity index (χ3n) is 4.80. The highest BCUT2D eigenvalue weighted by Gasteiger charge is 2.33. The number of piperazine rings is 1. The van der Waals surface area contributed by atoms with Gasteiger partial charge < -0.3 is 9.80 Å². The molecule has 4 rings (SSSR count). The molecular formula is C17H22N6OS. The highest BCUT2D eigenvalue weighted by Crippen LogP contribution is 2.31. The van der Waals surface area contributed by atoms with E-state index in [2.05, 4.69) is 26.9 Å². The van der Waals surface area contributed by atoms with Crippen LogP contribution in [0.15, 0.2) is 30.3 Å². The summed E-state index contributed by atoms with van der Waals surface area (Å²) in [5.41, 5.74) is 0.926. The summed E-state index contributed by atoms with van der Waals surface area (Å²) in [5, 5.41) is 10.2. The van der Waals surface area contributed by atoms with Crippen LogP contribution >= 0.6 is 11.3 Å². The normalized spacial score (nSPS) is 19.1. The van der Waals surface area contributed by atoms with E-state index in [1.165, 1.54) is 11.3 Å². The van der Waals surface area contributed by atoms with Gasteiger partial charge in [0.2, 0.25) is 10.3 Å². The molecule has 8 heteroatoms. The van der Waals surface area contributed by atoms with Crippen molar-refractivity contribution in [2.45, 2.75) is 6.92 Å². The Morgan fingerprint density at radius 2 is 1.60 bits per heavy atom. The molecule has 2 amide bonds. The number of hydrogen-bond donors (Lipinski definition) is 0. The zero-order valence-electron chi connectivity index (χ0n) is 14.3. The molecule has 132 valence electrons. The predicted octanol–water partition coefficient (Wildman–Crippen LogP) is 2.13. The Balaban J connectivity index is 1.45. The smallest absolute Gasteiger partial charge is 0.330 e. The number of likely N-dealkylation sites (N-methyl/N-ethyl adjacent to an activating group) is 1. The van der Waals surface area contributed by atoms with Crippen LogP contribution in [0.5, 0.6) is 0 Å². The van der Waals surface area contributed by atoms with Crippen LogP contribution < -0.4 is 14.7 Å². The summed E-state index contributed by atoms with van der Waals surface area (Å²) in [6.07, 6.45) is 0. The van der Waals surface area contributed by atoms with Crippen LogP contribution in [0.1, 0.15) is 6.92 Å². The van der Waals surface area contributed by atoms with Crippen molar-refractivity contribution in [2.75, 3.05) is 60.5 Å². The van der Waals surface area contributed by atoms with E-state index in [-0.39, 0.29) is 6.03 Å². The first-order valence-electron chi connectivity index (χ1n) is 8.71. The van der Waals surface area contributed by atoms with Gasteiger partial charge in [-0.25, -0.2) is 4.79 Å². The van der Waals surface area contributed by atoms with Gasteiger partial charge in [0.1, 0.15) is 0 Å². The molecule has 7 nitrogen and oxygen atoms in total. The highest BCUT2D eigenvalue weighted by atomic mass is 32.1. The lowest BCUT2D eigenvalue weighted by Gasteiger charge is -2.33. The largest absolute Gasteiger partial charge is 0.344 e. The minimum atomic E-state index is -0.0234. The number of hydrogen-bond acceptors (Lipinski definition) is 6. The molecule has 0 atom stereocenters. The van der Waals surface area contributed by atoms with Crippen LogP contribution in [0.25, 0.3) is 0 Å². The molecule has 2 aliphatic rings. The maximum absolute atomic E-state index is 12.7. The summed E-state index contributed by atoms with van der Waals surface area (Å²) in [5.74, 6) is 0. The van der Waals surface area contributed by atoms with Crippen LogP contribution in [-0.2, 0) is 0 Å². The van der Waals surface area contributed by atoms with Crippen LogP contribution in [0, 0.1) is 0 Å². The number of anilines is 3. The molecule has 0 saturated carbocycles. The van der Waals surface area contributed by atoms with Gasteiger partial charge in [-0.2, -0.15) is 0 Å². The Kier molecular flexibility index (Phi) is 4.54. The summed E-state index contributed by atoms with van der Waals surface area (Å²) in [6, 6.07) is 9.75. The van der Waals surface area contributed by atoms with E-state index < -0.39 is 0 Å². The third kappa shape index (κ3) is 3.19. The maximum Gasteiger partial charge on any atom is 0.330 e. The fraction of sp³-hybridized carbons (Fsp3) is 0.471. The third-order valence-corrected chi connectivity index (χ3v) is 5.81. The van der Waals surface area contributed by atoms with Crippen molar-refractivity contribution in [1.82, 2.24) is 15.1 Å². The van der Waals surface area contributed by atoms with Gasteiger partial charge in [0.25, 0.3) is 0 Å². The lowest BCUT2D eigenvalue weighted by atomic mass is 10.3. The average molecular weight is 358 g/mol. The SMILES string of the molecule is CCN1CCN(c2nnc(N3CCN(c4ccccc4)C3=O)s2)CC1. The monoisotopic (exact) mass is 358 g/mol. The Morgan fingerprint density at radius 3 is 2.32 bits per heavy atom. The summed E-state index contributed by atoms with van der Waals surface area (Å²) in [7, 11) is 0. The predicted molar refractivity (Wildman–Crippen MR) is 101 cm³/mol. The molecule has 2 aromatic rings. The quantitative estimate of drug-likeness (QED) is 0.838. The maximum atomic E-state index is 12.7. The van der Waals surface area contributed by atoms with Gasteiger partial charge in [-0.1, -0.05) is 36.5 Å². The Morgan fingerprint density at radius 1 is 0.920 bits per heavy atom. The summed E-state index contributed by atoms with van der Waals surface area (Å²) in [4.78, 5) is 21.0. The molecule has 2 fully saturated rings. The van der Waals surface area contributed by atoms with Gasteiger partial charge in [0.15, 0.2) is 0 Å². The van der Waals surface area contributed by atoms with Crippen molar-refractivity contribution < 1.29 is 4.79 Å². The Labute approximate surface area is 151 Å². The lowest BCUT2D eigenvalue weighted by molar-refractivity contribution is 0.256. The molecule has 0 aliphatic carbocycles. The topological polar surface area (TPSA) is 55.8 Å². The van der Waals surface area contributed by atoms with Gasteiger partial charge in [-0.15, -0.1) is 10.2 Å². The van der Waals surface area contributed by atoms with Gasteiger partial charge in [-0.3, -0.25) is 9.80 Å². The summed E-state index contributed by atoms with van der Waals surface area (Å²) in [6.45, 7) is 8.63. The number of para-hydroxylation sites is 1. The molecule has 0 bridgehead atoms. The van der Waals surface area contributed by atoms with Crippen LogP contribution in [0.4, 0.5) is 20.7 Å². The second-order valence-corrected chi connectivity index (χ2v) is 7.14. The van der Waals surface area contributed by atoms with E-state index in [1.54, 1.807) is 9.80 Å². The van der Waals surface area contributed by atoms with Crippen molar-refractivity contribution in [2.24, 2.45) is 0 Å². The van der Waals surface area contributed by atoms with E-state index in [4.69, 9.17) is 0 Å². The average Bonchev–Trinajstić information content (AvgIpc) is 3.29.